The minimum absolute atomic E-state index is 0.122. The van der Waals surface area contributed by atoms with E-state index in [-0.39, 0.29) is 12.0 Å². The first kappa shape index (κ1) is 28.3. The van der Waals surface area contributed by atoms with Crippen LogP contribution in [0, 0.1) is 46.3 Å². The van der Waals surface area contributed by atoms with Gasteiger partial charge < -0.3 is 24.6 Å². The van der Waals surface area contributed by atoms with Crippen LogP contribution in [0.2, 0.25) is 0 Å². The van der Waals surface area contributed by atoms with E-state index in [0.717, 1.165) is 37.5 Å². The Kier molecular flexibility index (Phi) is 9.45. The van der Waals surface area contributed by atoms with E-state index in [0.29, 0.717) is 73.4 Å². The van der Waals surface area contributed by atoms with Crippen LogP contribution in [0.4, 0.5) is 0 Å². The van der Waals surface area contributed by atoms with Crippen molar-refractivity contribution in [2.75, 3.05) is 40.6 Å². The summed E-state index contributed by atoms with van der Waals surface area (Å²) in [5, 5.41) is 13.4. The fourth-order valence-electron chi connectivity index (χ4n) is 9.55. The molecule has 0 saturated heterocycles. The minimum atomic E-state index is -0.122. The first-order valence-corrected chi connectivity index (χ1v) is 14.8. The lowest BCUT2D eigenvalue weighted by atomic mass is 9.43. The van der Waals surface area contributed by atoms with E-state index in [1.165, 1.54) is 32.1 Å². The van der Waals surface area contributed by atoms with Gasteiger partial charge in [0.25, 0.3) is 0 Å². The molecule has 4 saturated carbocycles. The van der Waals surface area contributed by atoms with Crippen LogP contribution < -0.4 is 5.32 Å². The first-order chi connectivity index (χ1) is 17.2. The largest absolute Gasteiger partial charge is 0.393 e. The highest BCUT2D eigenvalue weighted by atomic mass is 16.5. The number of carbonyl (C=O) groups is 1. The number of amides is 1. The van der Waals surface area contributed by atoms with Crippen LogP contribution in [0.25, 0.3) is 0 Å². The monoisotopic (exact) mass is 507 g/mol. The van der Waals surface area contributed by atoms with Gasteiger partial charge in [-0.3, -0.25) is 4.79 Å². The molecule has 0 aromatic heterocycles. The maximum absolute atomic E-state index is 12.5. The van der Waals surface area contributed by atoms with Gasteiger partial charge in [0.15, 0.2) is 0 Å². The van der Waals surface area contributed by atoms with Crippen LogP contribution in [0.5, 0.6) is 0 Å². The number of hydrogen-bond donors (Lipinski definition) is 2. The van der Waals surface area contributed by atoms with Crippen molar-refractivity contribution in [2.45, 2.75) is 97.2 Å². The number of fused-ring (bicyclic) bond motifs is 5. The summed E-state index contributed by atoms with van der Waals surface area (Å²) in [6, 6.07) is 0. The third kappa shape index (κ3) is 5.53. The third-order valence-corrected chi connectivity index (χ3v) is 11.5. The number of nitrogens with one attached hydrogen (secondary N) is 1. The summed E-state index contributed by atoms with van der Waals surface area (Å²) in [5.41, 5.74) is 0.704. The Morgan fingerprint density at radius 2 is 1.75 bits per heavy atom. The van der Waals surface area contributed by atoms with Crippen LogP contribution in [0.15, 0.2) is 0 Å². The van der Waals surface area contributed by atoms with Gasteiger partial charge in [0, 0.05) is 27.2 Å². The van der Waals surface area contributed by atoms with Crippen molar-refractivity contribution in [3.8, 4) is 0 Å². The molecule has 4 rings (SSSR count). The molecule has 6 nitrogen and oxygen atoms in total. The minimum Gasteiger partial charge on any atom is -0.393 e. The molecule has 10 atom stereocenters. The number of aliphatic hydroxyl groups excluding tert-OH is 1. The van der Waals surface area contributed by atoms with Gasteiger partial charge >= 0.3 is 0 Å². The number of rotatable bonds is 11. The van der Waals surface area contributed by atoms with Crippen LogP contribution >= 0.6 is 0 Å². The normalized spacial score (nSPS) is 42.8. The Bertz CT molecular complexity index is 732. The van der Waals surface area contributed by atoms with Crippen molar-refractivity contribution < 1.29 is 24.1 Å². The molecule has 0 aromatic carbocycles. The summed E-state index contributed by atoms with van der Waals surface area (Å²) in [5.74, 6) is 4.06. The van der Waals surface area contributed by atoms with Crippen molar-refractivity contribution in [3.05, 3.63) is 0 Å². The highest BCUT2D eigenvalue weighted by Crippen LogP contribution is 2.68. The molecule has 1 unspecified atom stereocenters. The average Bonchev–Trinajstić information content (AvgIpc) is 3.22. The Morgan fingerprint density at radius 1 is 1.00 bits per heavy atom. The summed E-state index contributed by atoms with van der Waals surface area (Å²) in [6.45, 7) is 9.77. The molecule has 4 aliphatic rings. The van der Waals surface area contributed by atoms with E-state index in [1.54, 1.807) is 7.11 Å². The van der Waals surface area contributed by atoms with Gasteiger partial charge in [-0.25, -0.2) is 0 Å². The fourth-order valence-corrected chi connectivity index (χ4v) is 9.55. The van der Waals surface area contributed by atoms with E-state index in [9.17, 15) is 9.90 Å². The summed E-state index contributed by atoms with van der Waals surface area (Å²) in [4.78, 5) is 12.5. The lowest BCUT2D eigenvalue weighted by Gasteiger charge is -2.63. The molecule has 36 heavy (non-hydrogen) atoms. The first-order valence-electron chi connectivity index (χ1n) is 14.8. The van der Waals surface area contributed by atoms with E-state index >= 15 is 0 Å². The van der Waals surface area contributed by atoms with Crippen LogP contribution in [0.1, 0.15) is 85.0 Å². The Labute approximate surface area is 219 Å². The summed E-state index contributed by atoms with van der Waals surface area (Å²) >= 11 is 0. The van der Waals surface area contributed by atoms with Gasteiger partial charge in [0.1, 0.15) is 0 Å². The van der Waals surface area contributed by atoms with Gasteiger partial charge in [-0.15, -0.1) is 0 Å². The maximum atomic E-state index is 12.5. The molecular formula is C30H53NO5. The molecule has 1 amide bonds. The van der Waals surface area contributed by atoms with Crippen LogP contribution in [0.3, 0.4) is 0 Å². The standard InChI is InChI=1S/C30H53NO5/c1-20(6-9-27(33)31-14-15-36-17-16-34-4)23-7-8-24-28-25(11-13-30(23,24)3)29(2)12-10-22(32)18-21(29)19-26(28)35-5/h20-26,28,32H,6-19H2,1-5H3,(H,31,33)/t20-,21+,22-,23?,24+,25+,26-,28+,29+,30-/m1/s1. The second-order valence-electron chi connectivity index (χ2n) is 13.1. The topological polar surface area (TPSA) is 77.0 Å². The van der Waals surface area contributed by atoms with Crippen molar-refractivity contribution in [3.63, 3.8) is 0 Å². The molecule has 0 radical (unpaired) electrons. The van der Waals surface area contributed by atoms with Crippen LogP contribution in [-0.2, 0) is 19.0 Å². The summed E-state index contributed by atoms with van der Waals surface area (Å²) in [6.07, 6.45) is 11.2. The number of ether oxygens (including phenoxy) is 3. The number of methoxy groups -OCH3 is 2. The molecule has 0 bridgehead atoms. The number of aliphatic hydroxyl groups is 1. The Hall–Kier alpha value is -0.690. The predicted molar refractivity (Wildman–Crippen MR) is 142 cm³/mol. The molecule has 0 aliphatic heterocycles. The Morgan fingerprint density at radius 3 is 2.50 bits per heavy atom. The van der Waals surface area contributed by atoms with E-state index in [2.05, 4.69) is 26.1 Å². The van der Waals surface area contributed by atoms with E-state index in [1.807, 2.05) is 7.11 Å². The van der Waals surface area contributed by atoms with Gasteiger partial charge in [-0.2, -0.15) is 0 Å². The third-order valence-electron chi connectivity index (χ3n) is 11.5. The van der Waals surface area contributed by atoms with Gasteiger partial charge in [-0.1, -0.05) is 20.8 Å². The molecular weight excluding hydrogens is 454 g/mol. The second kappa shape index (κ2) is 12.0. The van der Waals surface area contributed by atoms with Crippen molar-refractivity contribution >= 4 is 5.91 Å². The van der Waals surface area contributed by atoms with Gasteiger partial charge in [-0.05, 0) is 104 Å². The summed E-state index contributed by atoms with van der Waals surface area (Å²) < 4.78 is 16.7. The summed E-state index contributed by atoms with van der Waals surface area (Å²) in [7, 11) is 3.58. The lowest BCUT2D eigenvalue weighted by molar-refractivity contribution is -0.181. The SMILES string of the molecule is COCCOCCNC(=O)CC[C@@H](C)C1CC[C@H]2[C@@H]3[C@H](OC)C[C@@H]4C[C@H](O)CC[C@]4(C)[C@H]3CC[C@]12C. The second-order valence-corrected chi connectivity index (χ2v) is 13.1. The average molecular weight is 508 g/mol. The predicted octanol–water partition coefficient (Wildman–Crippen LogP) is 4.83. The molecule has 6 heteroatoms. The fraction of sp³-hybridized carbons (Fsp3) is 0.967. The Balaban J connectivity index is 1.34. The molecule has 2 N–H and O–H groups in total. The lowest BCUT2D eigenvalue weighted by Crippen LogP contribution is -2.59. The van der Waals surface area contributed by atoms with Crippen molar-refractivity contribution in [1.82, 2.24) is 5.32 Å². The highest BCUT2D eigenvalue weighted by molar-refractivity contribution is 5.75. The molecule has 208 valence electrons. The van der Waals surface area contributed by atoms with Gasteiger partial charge in [0.2, 0.25) is 5.91 Å². The molecule has 0 heterocycles. The van der Waals surface area contributed by atoms with Crippen molar-refractivity contribution in [2.24, 2.45) is 46.3 Å². The zero-order valence-electron chi connectivity index (χ0n) is 23.6. The van der Waals surface area contributed by atoms with Crippen LogP contribution in [-0.4, -0.2) is 63.8 Å². The quantitative estimate of drug-likeness (QED) is 0.392. The van der Waals surface area contributed by atoms with Crippen molar-refractivity contribution in [1.29, 1.82) is 0 Å². The maximum Gasteiger partial charge on any atom is 0.220 e. The van der Waals surface area contributed by atoms with E-state index in [4.69, 9.17) is 14.2 Å². The molecule has 4 fully saturated rings. The molecule has 4 aliphatic carbocycles. The zero-order chi connectivity index (χ0) is 25.9. The molecule has 0 spiro atoms. The molecule has 0 aromatic rings. The highest BCUT2D eigenvalue weighted by Gasteiger charge is 2.63. The zero-order valence-corrected chi connectivity index (χ0v) is 23.6. The van der Waals surface area contributed by atoms with Gasteiger partial charge in [0.05, 0.1) is 32.0 Å². The van der Waals surface area contributed by atoms with E-state index < -0.39 is 0 Å². The number of hydrogen-bond acceptors (Lipinski definition) is 5. The number of carbonyl (C=O) groups excluding carboxylic acids is 1. The smallest absolute Gasteiger partial charge is 0.220 e.